The molecule has 5 heteroatoms. The highest BCUT2D eigenvalue weighted by molar-refractivity contribution is 6.07. The number of hydrogen-bond donors (Lipinski definition) is 1. The zero-order chi connectivity index (χ0) is 21.6. The molecule has 3 aromatic carbocycles. The van der Waals surface area contributed by atoms with Crippen molar-refractivity contribution in [2.45, 2.75) is 26.2 Å². The van der Waals surface area contributed by atoms with Gasteiger partial charge in [-0.25, -0.2) is 0 Å². The van der Waals surface area contributed by atoms with Crippen LogP contribution in [0.15, 0.2) is 72.8 Å². The molecule has 1 N–H and O–H groups in total. The molecule has 2 amide bonds. The first-order chi connectivity index (χ1) is 15.1. The van der Waals surface area contributed by atoms with Crippen LogP contribution < -0.4 is 15.0 Å². The van der Waals surface area contributed by atoms with Crippen LogP contribution in [0.5, 0.6) is 5.75 Å². The molecule has 0 saturated carbocycles. The number of amides is 2. The molecule has 5 nitrogen and oxygen atoms in total. The quantitative estimate of drug-likeness (QED) is 0.639. The van der Waals surface area contributed by atoms with Crippen LogP contribution in [0.3, 0.4) is 0 Å². The minimum absolute atomic E-state index is 0.0184. The number of benzene rings is 3. The molecular weight excluding hydrogens is 388 g/mol. The summed E-state index contributed by atoms with van der Waals surface area (Å²) in [6.45, 7) is 2.58. The summed E-state index contributed by atoms with van der Waals surface area (Å²) in [6, 6.07) is 22.7. The van der Waals surface area contributed by atoms with E-state index in [1.54, 1.807) is 24.3 Å². The third-order valence-electron chi connectivity index (χ3n) is 5.47. The van der Waals surface area contributed by atoms with Gasteiger partial charge in [0.05, 0.1) is 0 Å². The summed E-state index contributed by atoms with van der Waals surface area (Å²) in [5.41, 5.74) is 4.42. The first-order valence-electron chi connectivity index (χ1n) is 10.6. The van der Waals surface area contributed by atoms with Crippen LogP contribution >= 0.6 is 0 Å². The fourth-order valence-corrected chi connectivity index (χ4v) is 3.81. The molecular formula is C26H26N2O3. The molecule has 1 aliphatic rings. The average molecular weight is 415 g/mol. The summed E-state index contributed by atoms with van der Waals surface area (Å²) in [6.07, 6.45) is 3.06. The second kappa shape index (κ2) is 9.47. The smallest absolute Gasteiger partial charge is 0.262 e. The van der Waals surface area contributed by atoms with Gasteiger partial charge in [-0.15, -0.1) is 0 Å². The maximum atomic E-state index is 13.2. The fraction of sp³-hybridized carbons (Fsp3) is 0.231. The summed E-state index contributed by atoms with van der Waals surface area (Å²) in [4.78, 5) is 27.3. The Hall–Kier alpha value is -3.60. The minimum Gasteiger partial charge on any atom is -0.483 e. The SMILES string of the molecule is Cc1ccccc1OCC(=O)Nc1ccc(C(=O)N2CCCCc3ccccc32)cc1. The van der Waals surface area contributed by atoms with Crippen molar-refractivity contribution in [2.24, 2.45) is 0 Å². The Morgan fingerprint density at radius 2 is 1.68 bits per heavy atom. The molecule has 0 fully saturated rings. The van der Waals surface area contributed by atoms with E-state index in [2.05, 4.69) is 11.4 Å². The molecule has 1 aliphatic heterocycles. The van der Waals surface area contributed by atoms with E-state index >= 15 is 0 Å². The molecule has 3 aromatic rings. The van der Waals surface area contributed by atoms with Crippen LogP contribution in [0.25, 0.3) is 0 Å². The van der Waals surface area contributed by atoms with Gasteiger partial charge in [0, 0.05) is 23.5 Å². The summed E-state index contributed by atoms with van der Waals surface area (Å²) < 4.78 is 5.58. The highest BCUT2D eigenvalue weighted by Gasteiger charge is 2.22. The first-order valence-corrected chi connectivity index (χ1v) is 10.6. The van der Waals surface area contributed by atoms with E-state index in [0.29, 0.717) is 23.5 Å². The number of nitrogens with zero attached hydrogens (tertiary/aromatic N) is 1. The summed E-state index contributed by atoms with van der Waals surface area (Å²) in [5, 5.41) is 2.81. The molecule has 31 heavy (non-hydrogen) atoms. The Morgan fingerprint density at radius 3 is 2.48 bits per heavy atom. The van der Waals surface area contributed by atoms with Gasteiger partial charge in [0.2, 0.25) is 0 Å². The van der Waals surface area contributed by atoms with Crippen LogP contribution in [-0.2, 0) is 11.2 Å². The number of fused-ring (bicyclic) bond motifs is 1. The number of hydrogen-bond acceptors (Lipinski definition) is 3. The predicted octanol–water partition coefficient (Wildman–Crippen LogP) is 5.00. The Bertz CT molecular complexity index is 1080. The normalized spacial score (nSPS) is 13.1. The number of carbonyl (C=O) groups excluding carboxylic acids is 2. The molecule has 158 valence electrons. The average Bonchev–Trinajstić information content (AvgIpc) is 3.01. The first kappa shape index (κ1) is 20.7. The van der Waals surface area contributed by atoms with Crippen LogP contribution in [0.4, 0.5) is 11.4 Å². The molecule has 0 unspecified atom stereocenters. The molecule has 0 aliphatic carbocycles. The van der Waals surface area contributed by atoms with Crippen molar-refractivity contribution in [3.8, 4) is 5.75 Å². The number of rotatable bonds is 5. The lowest BCUT2D eigenvalue weighted by molar-refractivity contribution is -0.118. The maximum absolute atomic E-state index is 13.2. The molecule has 0 aromatic heterocycles. The topological polar surface area (TPSA) is 58.6 Å². The van der Waals surface area contributed by atoms with Crippen molar-refractivity contribution in [3.63, 3.8) is 0 Å². The van der Waals surface area contributed by atoms with Gasteiger partial charge in [-0.2, -0.15) is 0 Å². The van der Waals surface area contributed by atoms with E-state index in [1.165, 1.54) is 5.56 Å². The second-order valence-electron chi connectivity index (χ2n) is 7.72. The molecule has 4 rings (SSSR count). The number of para-hydroxylation sites is 2. The van der Waals surface area contributed by atoms with Crippen LogP contribution in [0.2, 0.25) is 0 Å². The lowest BCUT2D eigenvalue weighted by atomic mass is 10.1. The lowest BCUT2D eigenvalue weighted by Crippen LogP contribution is -2.31. The third-order valence-corrected chi connectivity index (χ3v) is 5.47. The van der Waals surface area contributed by atoms with Gasteiger partial charge in [-0.1, -0.05) is 36.4 Å². The van der Waals surface area contributed by atoms with Crippen LogP contribution in [0.1, 0.15) is 34.3 Å². The zero-order valence-electron chi connectivity index (χ0n) is 17.6. The van der Waals surface area contributed by atoms with Gasteiger partial charge in [0.25, 0.3) is 11.8 Å². The minimum atomic E-state index is -0.247. The van der Waals surface area contributed by atoms with Crippen molar-refractivity contribution in [3.05, 3.63) is 89.5 Å². The highest BCUT2D eigenvalue weighted by Crippen LogP contribution is 2.27. The molecule has 0 spiro atoms. The summed E-state index contributed by atoms with van der Waals surface area (Å²) in [5.74, 6) is 0.426. The van der Waals surface area contributed by atoms with Crippen molar-refractivity contribution in [1.29, 1.82) is 0 Å². The van der Waals surface area contributed by atoms with E-state index in [1.807, 2.05) is 54.3 Å². The van der Waals surface area contributed by atoms with Crippen LogP contribution in [0, 0.1) is 6.92 Å². The van der Waals surface area contributed by atoms with Crippen molar-refractivity contribution < 1.29 is 14.3 Å². The highest BCUT2D eigenvalue weighted by atomic mass is 16.5. The molecule has 0 bridgehead atoms. The number of anilines is 2. The van der Waals surface area contributed by atoms with Crippen molar-refractivity contribution in [2.75, 3.05) is 23.4 Å². The Balaban J connectivity index is 1.39. The van der Waals surface area contributed by atoms with E-state index in [0.717, 1.165) is 30.5 Å². The number of carbonyl (C=O) groups is 2. The van der Waals surface area contributed by atoms with E-state index in [9.17, 15) is 9.59 Å². The van der Waals surface area contributed by atoms with Gasteiger partial charge in [-0.3, -0.25) is 9.59 Å². The molecule has 0 radical (unpaired) electrons. The third kappa shape index (κ3) is 4.94. The fourth-order valence-electron chi connectivity index (χ4n) is 3.81. The predicted molar refractivity (Wildman–Crippen MR) is 123 cm³/mol. The monoisotopic (exact) mass is 414 g/mol. The number of ether oxygens (including phenoxy) is 1. The van der Waals surface area contributed by atoms with Gasteiger partial charge in [0.15, 0.2) is 6.61 Å². The standard InChI is InChI=1S/C26H26N2O3/c1-19-8-2-5-12-24(19)31-18-25(29)27-22-15-13-21(14-16-22)26(30)28-17-7-6-10-20-9-3-4-11-23(20)28/h2-5,8-9,11-16H,6-7,10,17-18H2,1H3,(H,27,29). The Labute approximate surface area is 182 Å². The zero-order valence-corrected chi connectivity index (χ0v) is 17.6. The van der Waals surface area contributed by atoms with E-state index in [-0.39, 0.29) is 18.4 Å². The largest absolute Gasteiger partial charge is 0.483 e. The Kier molecular flexibility index (Phi) is 6.32. The maximum Gasteiger partial charge on any atom is 0.262 e. The van der Waals surface area contributed by atoms with E-state index < -0.39 is 0 Å². The van der Waals surface area contributed by atoms with Gasteiger partial charge in [0.1, 0.15) is 5.75 Å². The molecule has 1 heterocycles. The van der Waals surface area contributed by atoms with Crippen molar-refractivity contribution in [1.82, 2.24) is 0 Å². The lowest BCUT2D eigenvalue weighted by Gasteiger charge is -2.23. The number of nitrogens with one attached hydrogen (secondary N) is 1. The molecule has 0 saturated heterocycles. The summed E-state index contributed by atoms with van der Waals surface area (Å²) in [7, 11) is 0. The van der Waals surface area contributed by atoms with Crippen LogP contribution in [-0.4, -0.2) is 25.0 Å². The summed E-state index contributed by atoms with van der Waals surface area (Å²) >= 11 is 0. The second-order valence-corrected chi connectivity index (χ2v) is 7.72. The van der Waals surface area contributed by atoms with Gasteiger partial charge in [-0.05, 0) is 73.7 Å². The molecule has 0 atom stereocenters. The Morgan fingerprint density at radius 1 is 0.935 bits per heavy atom. The number of aryl methyl sites for hydroxylation is 2. The van der Waals surface area contributed by atoms with Crippen molar-refractivity contribution >= 4 is 23.2 Å². The van der Waals surface area contributed by atoms with Gasteiger partial charge >= 0.3 is 0 Å². The van der Waals surface area contributed by atoms with Gasteiger partial charge < -0.3 is 15.0 Å². The van der Waals surface area contributed by atoms with E-state index in [4.69, 9.17) is 4.74 Å².